The molecule has 1 N–H and O–H groups in total. The van der Waals surface area contributed by atoms with Gasteiger partial charge in [0.15, 0.2) is 0 Å². The van der Waals surface area contributed by atoms with Crippen LogP contribution in [0.3, 0.4) is 0 Å². The van der Waals surface area contributed by atoms with Crippen molar-refractivity contribution >= 4 is 29.3 Å². The number of hydrogen-bond donors (Lipinski definition) is 1. The van der Waals surface area contributed by atoms with Gasteiger partial charge in [0.25, 0.3) is 0 Å². The van der Waals surface area contributed by atoms with Gasteiger partial charge in [0, 0.05) is 0 Å². The van der Waals surface area contributed by atoms with E-state index in [0.717, 1.165) is 0 Å². The monoisotopic (exact) mass is 213 g/mol. The molecule has 0 aliphatic rings. The van der Waals surface area contributed by atoms with Gasteiger partial charge < -0.3 is 10.1 Å². The second-order valence-electron chi connectivity index (χ2n) is 3.27. The van der Waals surface area contributed by atoms with Crippen LogP contribution in [-0.4, -0.2) is 23.1 Å². The van der Waals surface area contributed by atoms with Crippen molar-refractivity contribution in [2.45, 2.75) is 31.9 Å². The van der Waals surface area contributed by atoms with Crippen LogP contribution in [0.25, 0.3) is 0 Å². The highest BCUT2D eigenvalue weighted by atomic mass is 35.5. The summed E-state index contributed by atoms with van der Waals surface area (Å²) in [5, 5.41) is 2.36. The summed E-state index contributed by atoms with van der Waals surface area (Å²) in [7, 11) is 0. The first-order valence-electron chi connectivity index (χ1n) is 3.54. The highest BCUT2D eigenvalue weighted by Crippen LogP contribution is 2.07. The molecule has 72 valence electrons. The van der Waals surface area contributed by atoms with Gasteiger partial charge in [-0.3, -0.25) is 0 Å². The second kappa shape index (κ2) is 4.77. The van der Waals surface area contributed by atoms with E-state index in [0.29, 0.717) is 0 Å². The van der Waals surface area contributed by atoms with Gasteiger partial charge in [-0.15, -0.1) is 11.6 Å². The normalized spacial score (nSPS) is 13.8. The van der Waals surface area contributed by atoms with E-state index >= 15 is 0 Å². The van der Waals surface area contributed by atoms with Gasteiger partial charge in [-0.05, 0) is 20.8 Å². The van der Waals surface area contributed by atoms with E-state index in [1.807, 2.05) is 0 Å². The van der Waals surface area contributed by atoms with Crippen molar-refractivity contribution in [3.05, 3.63) is 0 Å². The van der Waals surface area contributed by atoms with E-state index in [1.54, 1.807) is 20.8 Å². The third kappa shape index (κ3) is 6.55. The van der Waals surface area contributed by atoms with Crippen LogP contribution in [0.5, 0.6) is 0 Å². The Morgan fingerprint density at radius 2 is 2.08 bits per heavy atom. The molecule has 0 aromatic heterocycles. The van der Waals surface area contributed by atoms with E-state index < -0.39 is 17.2 Å². The molecule has 3 nitrogen and oxygen atoms in total. The van der Waals surface area contributed by atoms with E-state index in [2.05, 4.69) is 5.32 Å². The second-order valence-corrected chi connectivity index (χ2v) is 4.10. The Kier molecular flexibility index (Phi) is 4.71. The molecular weight excluding hydrogens is 201 g/mol. The minimum absolute atomic E-state index is 0.154. The fourth-order valence-corrected chi connectivity index (χ4v) is 0.640. The maximum absolute atomic E-state index is 11.0. The molecule has 0 spiro atoms. The van der Waals surface area contributed by atoms with Crippen LogP contribution in [0.15, 0.2) is 0 Å². The lowest BCUT2D eigenvalue weighted by molar-refractivity contribution is 0.0524. The molecular formula is C7H13Cl2NO2. The van der Waals surface area contributed by atoms with Gasteiger partial charge in [-0.1, -0.05) is 11.6 Å². The predicted octanol–water partition coefficient (Wildman–Crippen LogP) is 2.31. The number of alkyl halides is 2. The molecule has 0 aromatic rings. The lowest BCUT2D eigenvalue weighted by Gasteiger charge is -2.20. The van der Waals surface area contributed by atoms with Crippen LogP contribution in [0, 0.1) is 0 Å². The molecule has 0 aliphatic carbocycles. The maximum Gasteiger partial charge on any atom is 0.408 e. The first-order chi connectivity index (χ1) is 5.35. The van der Waals surface area contributed by atoms with Crippen LogP contribution < -0.4 is 5.32 Å². The van der Waals surface area contributed by atoms with Gasteiger partial charge in [0.2, 0.25) is 0 Å². The number of amides is 1. The number of halogens is 2. The lowest BCUT2D eigenvalue weighted by Crippen LogP contribution is -2.37. The molecule has 1 amide bonds. The summed E-state index contributed by atoms with van der Waals surface area (Å²) in [5.41, 5.74) is -1.09. The number of nitrogens with one attached hydrogen (secondary N) is 1. The zero-order valence-electron chi connectivity index (χ0n) is 7.36. The van der Waals surface area contributed by atoms with Crippen molar-refractivity contribution in [1.82, 2.24) is 5.32 Å². The largest absolute Gasteiger partial charge is 0.444 e. The maximum atomic E-state index is 11.0. The van der Waals surface area contributed by atoms with Crippen LogP contribution in [0.2, 0.25) is 0 Å². The summed E-state index contributed by atoms with van der Waals surface area (Å²) >= 11 is 10.9. The van der Waals surface area contributed by atoms with Gasteiger partial charge in [0.05, 0.1) is 5.88 Å². The van der Waals surface area contributed by atoms with Crippen molar-refractivity contribution in [2.75, 3.05) is 5.88 Å². The van der Waals surface area contributed by atoms with Crippen LogP contribution in [0.1, 0.15) is 20.8 Å². The van der Waals surface area contributed by atoms with Crippen LogP contribution in [0.4, 0.5) is 4.79 Å². The molecule has 1 atom stereocenters. The Morgan fingerprint density at radius 3 is 2.42 bits per heavy atom. The average Bonchev–Trinajstić information content (AvgIpc) is 1.82. The SMILES string of the molecule is CC(C)(C)OC(=O)NC(Cl)CCl. The standard InChI is InChI=1S/C7H13Cl2NO2/c1-7(2,3)12-6(11)10-5(9)4-8/h5H,4H2,1-3H3,(H,10,11). The van der Waals surface area contributed by atoms with Crippen molar-refractivity contribution in [3.63, 3.8) is 0 Å². The van der Waals surface area contributed by atoms with E-state index in [-0.39, 0.29) is 5.88 Å². The van der Waals surface area contributed by atoms with E-state index in [1.165, 1.54) is 0 Å². The van der Waals surface area contributed by atoms with Crippen molar-refractivity contribution in [3.8, 4) is 0 Å². The molecule has 5 heteroatoms. The Balaban J connectivity index is 3.75. The van der Waals surface area contributed by atoms with Crippen LogP contribution in [-0.2, 0) is 4.74 Å². The predicted molar refractivity (Wildman–Crippen MR) is 49.7 cm³/mol. The minimum atomic E-state index is -0.582. The summed E-state index contributed by atoms with van der Waals surface area (Å²) in [6.45, 7) is 5.32. The number of rotatable bonds is 2. The fourth-order valence-electron chi connectivity index (χ4n) is 0.474. The summed E-state index contributed by atoms with van der Waals surface area (Å²) in [6.07, 6.45) is -0.553. The third-order valence-corrected chi connectivity index (χ3v) is 1.54. The average molecular weight is 214 g/mol. The van der Waals surface area contributed by atoms with Gasteiger partial charge in [0.1, 0.15) is 11.1 Å². The summed E-state index contributed by atoms with van der Waals surface area (Å²) in [5.74, 6) is 0.154. The lowest BCUT2D eigenvalue weighted by atomic mass is 10.2. The first kappa shape index (κ1) is 11.8. The summed E-state index contributed by atoms with van der Waals surface area (Å²) in [6, 6.07) is 0. The molecule has 0 bridgehead atoms. The first-order valence-corrected chi connectivity index (χ1v) is 4.52. The molecule has 0 saturated heterocycles. The number of hydrogen-bond acceptors (Lipinski definition) is 2. The smallest absolute Gasteiger partial charge is 0.408 e. The van der Waals surface area contributed by atoms with E-state index in [4.69, 9.17) is 27.9 Å². The zero-order valence-corrected chi connectivity index (χ0v) is 8.87. The Bertz CT molecular complexity index is 156. The number of carbonyl (C=O) groups is 1. The fraction of sp³-hybridized carbons (Fsp3) is 0.857. The molecule has 0 aliphatic heterocycles. The number of alkyl carbamates (subject to hydrolysis) is 1. The van der Waals surface area contributed by atoms with Crippen LogP contribution >= 0.6 is 23.2 Å². The Labute approximate surface area is 82.4 Å². The van der Waals surface area contributed by atoms with Crippen molar-refractivity contribution in [2.24, 2.45) is 0 Å². The Hall–Kier alpha value is -0.150. The highest BCUT2D eigenvalue weighted by Gasteiger charge is 2.17. The van der Waals surface area contributed by atoms with Gasteiger partial charge >= 0.3 is 6.09 Å². The topological polar surface area (TPSA) is 38.3 Å². The van der Waals surface area contributed by atoms with Gasteiger partial charge in [-0.2, -0.15) is 0 Å². The summed E-state index contributed by atoms with van der Waals surface area (Å²) < 4.78 is 4.92. The molecule has 1 unspecified atom stereocenters. The number of carbonyl (C=O) groups excluding carboxylic acids is 1. The van der Waals surface area contributed by atoms with E-state index in [9.17, 15) is 4.79 Å². The molecule has 0 heterocycles. The number of ether oxygens (including phenoxy) is 1. The molecule has 0 saturated carbocycles. The minimum Gasteiger partial charge on any atom is -0.444 e. The summed E-state index contributed by atoms with van der Waals surface area (Å²) in [4.78, 5) is 11.0. The highest BCUT2D eigenvalue weighted by molar-refractivity contribution is 6.28. The quantitative estimate of drug-likeness (QED) is 0.565. The van der Waals surface area contributed by atoms with Crippen molar-refractivity contribution < 1.29 is 9.53 Å². The van der Waals surface area contributed by atoms with Gasteiger partial charge in [-0.25, -0.2) is 4.79 Å². The molecule has 0 radical (unpaired) electrons. The molecule has 12 heavy (non-hydrogen) atoms. The zero-order chi connectivity index (χ0) is 9.78. The third-order valence-electron chi connectivity index (χ3n) is 0.809. The Morgan fingerprint density at radius 1 is 1.58 bits per heavy atom. The molecule has 0 fully saturated rings. The van der Waals surface area contributed by atoms with Crippen molar-refractivity contribution in [1.29, 1.82) is 0 Å². The molecule has 0 rings (SSSR count). The molecule has 0 aromatic carbocycles.